The molecule has 3 N–H and O–H groups in total. The van der Waals surface area contributed by atoms with Crippen molar-refractivity contribution in [3.8, 4) is 0 Å². The summed E-state index contributed by atoms with van der Waals surface area (Å²) in [5, 5.41) is 10.0. The van der Waals surface area contributed by atoms with Crippen LogP contribution in [0.4, 0.5) is 5.82 Å². The van der Waals surface area contributed by atoms with Crippen molar-refractivity contribution in [1.82, 2.24) is 15.6 Å². The molecule has 6 heteroatoms. The van der Waals surface area contributed by atoms with Crippen LogP contribution in [0.3, 0.4) is 0 Å². The van der Waals surface area contributed by atoms with Gasteiger partial charge in [-0.25, -0.2) is 9.98 Å². The number of halogens is 1. The van der Waals surface area contributed by atoms with Crippen LogP contribution in [0.15, 0.2) is 53.7 Å². The van der Waals surface area contributed by atoms with Gasteiger partial charge in [0.05, 0.1) is 6.54 Å². The molecule has 5 nitrogen and oxygen atoms in total. The molecule has 0 radical (unpaired) electrons. The lowest BCUT2D eigenvalue weighted by Gasteiger charge is -2.11. The van der Waals surface area contributed by atoms with Crippen LogP contribution in [-0.4, -0.2) is 30.6 Å². The average molecular weight is 467 g/mol. The number of hydrogen-bond acceptors (Lipinski definition) is 3. The first-order valence-electron chi connectivity index (χ1n) is 9.00. The van der Waals surface area contributed by atoms with Crippen LogP contribution >= 0.6 is 24.0 Å². The number of pyridine rings is 1. The predicted molar refractivity (Wildman–Crippen MR) is 121 cm³/mol. The summed E-state index contributed by atoms with van der Waals surface area (Å²) in [5.41, 5.74) is 2.50. The van der Waals surface area contributed by atoms with Crippen molar-refractivity contribution in [3.05, 3.63) is 59.8 Å². The number of guanidine groups is 1. The Kier molecular flexibility index (Phi) is 11.4. The van der Waals surface area contributed by atoms with Crippen molar-refractivity contribution in [1.29, 1.82) is 0 Å². The van der Waals surface area contributed by atoms with Gasteiger partial charge in [-0.05, 0) is 44.4 Å². The third-order valence-corrected chi connectivity index (χ3v) is 3.75. The minimum atomic E-state index is 0. The maximum Gasteiger partial charge on any atom is 0.191 e. The quantitative estimate of drug-likeness (QED) is 0.226. The van der Waals surface area contributed by atoms with Gasteiger partial charge in [-0.3, -0.25) is 0 Å². The highest BCUT2D eigenvalue weighted by Gasteiger charge is 1.98. The van der Waals surface area contributed by atoms with E-state index in [-0.39, 0.29) is 24.0 Å². The first kappa shape index (κ1) is 22.2. The first-order chi connectivity index (χ1) is 12.3. The second-order valence-corrected chi connectivity index (χ2v) is 5.96. The van der Waals surface area contributed by atoms with E-state index < -0.39 is 0 Å². The molecular formula is C20H30IN5. The standard InChI is InChI=1S/C20H29N5.HI/c1-3-21-20(25-16-18-11-9-17(2)10-12-18)24-15-7-6-14-23-19-8-4-5-13-22-19;/h4-5,8-13H,3,6-7,14-16H2,1-2H3,(H,22,23)(H2,21,24,25);1H. The number of hydrogen-bond donors (Lipinski definition) is 3. The molecule has 0 bridgehead atoms. The van der Waals surface area contributed by atoms with Crippen LogP contribution in [0.1, 0.15) is 30.9 Å². The second kappa shape index (κ2) is 13.4. The Morgan fingerprint density at radius 3 is 2.46 bits per heavy atom. The molecule has 26 heavy (non-hydrogen) atoms. The Hall–Kier alpha value is -1.83. The summed E-state index contributed by atoms with van der Waals surface area (Å²) in [5.74, 6) is 1.81. The van der Waals surface area contributed by atoms with Gasteiger partial charge < -0.3 is 16.0 Å². The molecule has 0 atom stereocenters. The molecule has 0 unspecified atom stereocenters. The number of anilines is 1. The SMILES string of the molecule is CCNC(=NCc1ccc(C)cc1)NCCCCNc1ccccn1.I. The van der Waals surface area contributed by atoms with Crippen molar-refractivity contribution in [2.24, 2.45) is 4.99 Å². The number of rotatable bonds is 9. The van der Waals surface area contributed by atoms with Gasteiger partial charge in [-0.15, -0.1) is 24.0 Å². The van der Waals surface area contributed by atoms with Crippen molar-refractivity contribution in [2.45, 2.75) is 33.2 Å². The summed E-state index contributed by atoms with van der Waals surface area (Å²) in [6.45, 7) is 7.57. The van der Waals surface area contributed by atoms with Gasteiger partial charge in [-0.2, -0.15) is 0 Å². The van der Waals surface area contributed by atoms with E-state index in [4.69, 9.17) is 0 Å². The van der Waals surface area contributed by atoms with Gasteiger partial charge in [0.15, 0.2) is 5.96 Å². The van der Waals surface area contributed by atoms with E-state index in [0.717, 1.165) is 44.3 Å². The van der Waals surface area contributed by atoms with E-state index in [0.29, 0.717) is 6.54 Å². The first-order valence-corrected chi connectivity index (χ1v) is 9.00. The normalized spacial score (nSPS) is 10.8. The summed E-state index contributed by atoms with van der Waals surface area (Å²) in [4.78, 5) is 8.90. The van der Waals surface area contributed by atoms with Gasteiger partial charge in [0.2, 0.25) is 0 Å². The summed E-state index contributed by atoms with van der Waals surface area (Å²) >= 11 is 0. The molecule has 0 aliphatic rings. The maximum atomic E-state index is 4.65. The number of aromatic nitrogens is 1. The zero-order valence-electron chi connectivity index (χ0n) is 15.7. The molecule has 0 aliphatic carbocycles. The molecular weight excluding hydrogens is 437 g/mol. The molecule has 0 saturated carbocycles. The molecule has 0 aliphatic heterocycles. The number of aliphatic imine (C=N–C) groups is 1. The van der Waals surface area contributed by atoms with Crippen molar-refractivity contribution in [3.63, 3.8) is 0 Å². The van der Waals surface area contributed by atoms with Crippen LogP contribution in [0.25, 0.3) is 0 Å². The van der Waals surface area contributed by atoms with E-state index in [1.807, 2.05) is 18.2 Å². The second-order valence-electron chi connectivity index (χ2n) is 5.96. The highest BCUT2D eigenvalue weighted by molar-refractivity contribution is 14.0. The third kappa shape index (κ3) is 9.03. The maximum absolute atomic E-state index is 4.65. The zero-order valence-corrected chi connectivity index (χ0v) is 18.0. The Bertz CT molecular complexity index is 628. The molecule has 0 amide bonds. The fourth-order valence-corrected chi connectivity index (χ4v) is 2.35. The number of aryl methyl sites for hydroxylation is 1. The predicted octanol–water partition coefficient (Wildman–Crippen LogP) is 3.96. The monoisotopic (exact) mass is 467 g/mol. The van der Waals surface area contributed by atoms with Crippen LogP contribution in [0.2, 0.25) is 0 Å². The summed E-state index contributed by atoms with van der Waals surface area (Å²) in [6, 6.07) is 14.4. The van der Waals surface area contributed by atoms with Gasteiger partial charge in [0.1, 0.15) is 5.82 Å². The number of benzene rings is 1. The van der Waals surface area contributed by atoms with Crippen LogP contribution in [0.5, 0.6) is 0 Å². The van der Waals surface area contributed by atoms with E-state index in [2.05, 4.69) is 64.0 Å². The minimum absolute atomic E-state index is 0. The van der Waals surface area contributed by atoms with Gasteiger partial charge >= 0.3 is 0 Å². The van der Waals surface area contributed by atoms with Gasteiger partial charge in [0.25, 0.3) is 0 Å². The highest BCUT2D eigenvalue weighted by atomic mass is 127. The topological polar surface area (TPSA) is 61.3 Å². The summed E-state index contributed by atoms with van der Waals surface area (Å²) < 4.78 is 0. The van der Waals surface area contributed by atoms with E-state index in [9.17, 15) is 0 Å². The molecule has 2 aromatic rings. The molecule has 0 spiro atoms. The summed E-state index contributed by atoms with van der Waals surface area (Å²) in [6.07, 6.45) is 3.97. The van der Waals surface area contributed by atoms with Crippen molar-refractivity contribution >= 4 is 35.8 Å². The highest BCUT2D eigenvalue weighted by Crippen LogP contribution is 2.04. The largest absolute Gasteiger partial charge is 0.370 e. The Labute approximate surface area is 174 Å². The van der Waals surface area contributed by atoms with Crippen molar-refractivity contribution < 1.29 is 0 Å². The zero-order chi connectivity index (χ0) is 17.7. The molecule has 142 valence electrons. The van der Waals surface area contributed by atoms with Crippen molar-refractivity contribution in [2.75, 3.05) is 25.0 Å². The van der Waals surface area contributed by atoms with Gasteiger partial charge in [-0.1, -0.05) is 35.9 Å². The Morgan fingerprint density at radius 1 is 1.00 bits per heavy atom. The fourth-order valence-electron chi connectivity index (χ4n) is 2.35. The average Bonchev–Trinajstić information content (AvgIpc) is 2.64. The minimum Gasteiger partial charge on any atom is -0.370 e. The van der Waals surface area contributed by atoms with E-state index >= 15 is 0 Å². The molecule has 0 fully saturated rings. The lowest BCUT2D eigenvalue weighted by molar-refractivity contribution is 0.712. The number of nitrogens with one attached hydrogen (secondary N) is 3. The van der Waals surface area contributed by atoms with Gasteiger partial charge in [0, 0.05) is 25.8 Å². The van der Waals surface area contributed by atoms with Crippen LogP contribution in [-0.2, 0) is 6.54 Å². The lowest BCUT2D eigenvalue weighted by atomic mass is 10.1. The molecule has 1 aromatic heterocycles. The van der Waals surface area contributed by atoms with E-state index in [1.54, 1.807) is 6.20 Å². The van der Waals surface area contributed by atoms with Crippen LogP contribution < -0.4 is 16.0 Å². The summed E-state index contributed by atoms with van der Waals surface area (Å²) in [7, 11) is 0. The Balaban J connectivity index is 0.00000338. The van der Waals surface area contributed by atoms with Crippen LogP contribution in [0, 0.1) is 6.92 Å². The lowest BCUT2D eigenvalue weighted by Crippen LogP contribution is -2.37. The molecule has 2 rings (SSSR count). The molecule has 0 saturated heterocycles. The van der Waals surface area contributed by atoms with E-state index in [1.165, 1.54) is 11.1 Å². The smallest absolute Gasteiger partial charge is 0.191 e. The Morgan fingerprint density at radius 2 is 1.77 bits per heavy atom. The fraction of sp³-hybridized carbons (Fsp3) is 0.400. The number of nitrogens with zero attached hydrogens (tertiary/aromatic N) is 2. The number of unbranched alkanes of at least 4 members (excludes halogenated alkanes) is 1. The molecule has 1 heterocycles. The molecule has 1 aromatic carbocycles. The third-order valence-electron chi connectivity index (χ3n) is 3.75.